The van der Waals surface area contributed by atoms with Gasteiger partial charge >= 0.3 is 6.18 Å². The van der Waals surface area contributed by atoms with Crippen LogP contribution < -0.4 is 5.32 Å². The van der Waals surface area contributed by atoms with E-state index in [9.17, 15) is 13.2 Å². The Bertz CT molecular complexity index is 1130. The van der Waals surface area contributed by atoms with Crippen molar-refractivity contribution in [2.75, 3.05) is 5.32 Å². The third-order valence-corrected chi connectivity index (χ3v) is 4.47. The molecule has 3 aromatic heterocycles. The van der Waals surface area contributed by atoms with Crippen LogP contribution in [0.15, 0.2) is 73.3 Å². The summed E-state index contributed by atoms with van der Waals surface area (Å²) in [6, 6.07) is 13.0. The highest BCUT2D eigenvalue weighted by Gasteiger charge is 2.34. The summed E-state index contributed by atoms with van der Waals surface area (Å²) in [6.45, 7) is 1.85. The van der Waals surface area contributed by atoms with Gasteiger partial charge < -0.3 is 5.32 Å². The molecule has 1 aromatic carbocycles. The SMILES string of the molecule is CC(Nc1cc(C(F)(F)F)nc(-c2ccncc2)n1)c1ccccc1-n1cccn1. The first kappa shape index (κ1) is 19.6. The molecule has 0 aliphatic heterocycles. The molecular formula is C21H17F3N6. The highest BCUT2D eigenvalue weighted by Crippen LogP contribution is 2.32. The highest BCUT2D eigenvalue weighted by molar-refractivity contribution is 5.57. The van der Waals surface area contributed by atoms with E-state index in [-0.39, 0.29) is 17.7 Å². The number of anilines is 1. The Morgan fingerprint density at radius 1 is 0.967 bits per heavy atom. The highest BCUT2D eigenvalue weighted by atomic mass is 19.4. The molecule has 0 radical (unpaired) electrons. The molecule has 0 aliphatic rings. The van der Waals surface area contributed by atoms with Gasteiger partial charge in [0, 0.05) is 36.4 Å². The van der Waals surface area contributed by atoms with Gasteiger partial charge in [0.15, 0.2) is 11.5 Å². The maximum absolute atomic E-state index is 13.4. The van der Waals surface area contributed by atoms with Gasteiger partial charge in [-0.3, -0.25) is 4.98 Å². The van der Waals surface area contributed by atoms with Crippen molar-refractivity contribution in [3.8, 4) is 17.1 Å². The summed E-state index contributed by atoms with van der Waals surface area (Å²) in [5.74, 6) is 0.0502. The molecule has 0 fully saturated rings. The molecule has 0 saturated heterocycles. The second-order valence-electron chi connectivity index (χ2n) is 6.57. The maximum Gasteiger partial charge on any atom is 0.433 e. The fourth-order valence-electron chi connectivity index (χ4n) is 3.07. The van der Waals surface area contributed by atoms with E-state index in [1.165, 1.54) is 12.4 Å². The summed E-state index contributed by atoms with van der Waals surface area (Å²) in [5.41, 5.74) is 1.11. The summed E-state index contributed by atoms with van der Waals surface area (Å²) in [5, 5.41) is 7.32. The van der Waals surface area contributed by atoms with E-state index >= 15 is 0 Å². The predicted octanol–water partition coefficient (Wildman–Crippen LogP) is 4.92. The van der Waals surface area contributed by atoms with Gasteiger partial charge in [-0.05, 0) is 36.8 Å². The van der Waals surface area contributed by atoms with E-state index < -0.39 is 11.9 Å². The van der Waals surface area contributed by atoms with Crippen molar-refractivity contribution in [2.24, 2.45) is 0 Å². The first-order valence-electron chi connectivity index (χ1n) is 9.14. The van der Waals surface area contributed by atoms with Crippen molar-refractivity contribution in [1.29, 1.82) is 0 Å². The minimum atomic E-state index is -4.60. The standard InChI is InChI=1S/C21H17F3N6/c1-14(16-5-2-3-6-17(16)30-12-4-9-26-30)27-19-13-18(21(22,23)24)28-20(29-19)15-7-10-25-11-8-15/h2-14H,1H3,(H,27,28,29). The van der Waals surface area contributed by atoms with Crippen LogP contribution in [-0.4, -0.2) is 24.7 Å². The first-order chi connectivity index (χ1) is 14.4. The second-order valence-corrected chi connectivity index (χ2v) is 6.57. The molecule has 0 aliphatic carbocycles. The van der Waals surface area contributed by atoms with Gasteiger partial charge in [-0.1, -0.05) is 18.2 Å². The van der Waals surface area contributed by atoms with E-state index in [2.05, 4.69) is 25.4 Å². The zero-order valence-electron chi connectivity index (χ0n) is 15.9. The normalized spacial score (nSPS) is 12.5. The lowest BCUT2D eigenvalue weighted by Crippen LogP contribution is -2.15. The number of para-hydroxylation sites is 1. The monoisotopic (exact) mass is 410 g/mol. The number of nitrogens with zero attached hydrogens (tertiary/aromatic N) is 5. The molecule has 0 bridgehead atoms. The molecule has 0 spiro atoms. The van der Waals surface area contributed by atoms with E-state index in [4.69, 9.17) is 0 Å². The van der Waals surface area contributed by atoms with Gasteiger partial charge in [0.05, 0.1) is 11.7 Å². The average Bonchev–Trinajstić information content (AvgIpc) is 3.28. The Kier molecular flexibility index (Phi) is 5.18. The molecule has 1 unspecified atom stereocenters. The molecule has 152 valence electrons. The quantitative estimate of drug-likeness (QED) is 0.506. The summed E-state index contributed by atoms with van der Waals surface area (Å²) >= 11 is 0. The number of hydrogen-bond donors (Lipinski definition) is 1. The molecule has 1 atom stereocenters. The summed E-state index contributed by atoms with van der Waals surface area (Å²) in [6.07, 6.45) is 1.83. The summed E-state index contributed by atoms with van der Waals surface area (Å²) in [4.78, 5) is 11.9. The Morgan fingerprint density at radius 3 is 2.43 bits per heavy atom. The zero-order valence-corrected chi connectivity index (χ0v) is 15.9. The minimum absolute atomic E-state index is 0.0257. The van der Waals surface area contributed by atoms with Gasteiger partial charge in [0.2, 0.25) is 0 Å². The number of nitrogens with one attached hydrogen (secondary N) is 1. The van der Waals surface area contributed by atoms with Crippen LogP contribution >= 0.6 is 0 Å². The van der Waals surface area contributed by atoms with E-state index in [0.717, 1.165) is 17.3 Å². The molecule has 1 N–H and O–H groups in total. The van der Waals surface area contributed by atoms with Gasteiger partial charge in [-0.25, -0.2) is 14.6 Å². The Balaban J connectivity index is 1.71. The van der Waals surface area contributed by atoms with Crippen molar-refractivity contribution >= 4 is 5.82 Å². The third kappa shape index (κ3) is 4.14. The fraction of sp³-hybridized carbons (Fsp3) is 0.143. The number of halogens is 3. The number of alkyl halides is 3. The average molecular weight is 410 g/mol. The zero-order chi connectivity index (χ0) is 21.1. The fourth-order valence-corrected chi connectivity index (χ4v) is 3.07. The first-order valence-corrected chi connectivity index (χ1v) is 9.14. The number of hydrogen-bond acceptors (Lipinski definition) is 5. The Morgan fingerprint density at radius 2 is 1.73 bits per heavy atom. The molecule has 6 nitrogen and oxygen atoms in total. The Hall–Kier alpha value is -3.75. The van der Waals surface area contributed by atoms with Crippen molar-refractivity contribution in [3.05, 3.63) is 84.6 Å². The number of pyridine rings is 1. The van der Waals surface area contributed by atoms with Crippen LogP contribution in [0.1, 0.15) is 24.2 Å². The van der Waals surface area contributed by atoms with E-state index in [1.54, 1.807) is 35.3 Å². The van der Waals surface area contributed by atoms with Gasteiger partial charge in [0.1, 0.15) is 5.82 Å². The van der Waals surface area contributed by atoms with Crippen molar-refractivity contribution in [3.63, 3.8) is 0 Å². The van der Waals surface area contributed by atoms with Gasteiger partial charge in [-0.2, -0.15) is 18.3 Å². The van der Waals surface area contributed by atoms with Crippen LogP contribution in [0.25, 0.3) is 17.1 Å². The van der Waals surface area contributed by atoms with Crippen molar-refractivity contribution in [2.45, 2.75) is 19.1 Å². The van der Waals surface area contributed by atoms with E-state index in [0.29, 0.717) is 5.56 Å². The number of rotatable bonds is 5. The summed E-state index contributed by atoms with van der Waals surface area (Å²) < 4.78 is 42.0. The van der Waals surface area contributed by atoms with Crippen LogP contribution in [0.4, 0.5) is 19.0 Å². The molecule has 0 amide bonds. The van der Waals surface area contributed by atoms with Crippen molar-refractivity contribution < 1.29 is 13.2 Å². The number of aromatic nitrogens is 5. The topological polar surface area (TPSA) is 68.5 Å². The minimum Gasteiger partial charge on any atom is -0.363 e. The van der Waals surface area contributed by atoms with Gasteiger partial charge in [-0.15, -0.1) is 0 Å². The molecule has 3 heterocycles. The molecule has 4 aromatic rings. The van der Waals surface area contributed by atoms with Crippen LogP contribution in [0.5, 0.6) is 0 Å². The molecule has 30 heavy (non-hydrogen) atoms. The van der Waals surface area contributed by atoms with E-state index in [1.807, 2.05) is 31.2 Å². The van der Waals surface area contributed by atoms with Crippen LogP contribution in [-0.2, 0) is 6.18 Å². The second kappa shape index (κ2) is 7.94. The van der Waals surface area contributed by atoms with Crippen LogP contribution in [0.3, 0.4) is 0 Å². The van der Waals surface area contributed by atoms with Gasteiger partial charge in [0.25, 0.3) is 0 Å². The molecular weight excluding hydrogens is 393 g/mol. The number of benzene rings is 1. The van der Waals surface area contributed by atoms with Crippen molar-refractivity contribution in [1.82, 2.24) is 24.7 Å². The lowest BCUT2D eigenvalue weighted by Gasteiger charge is -2.19. The smallest absolute Gasteiger partial charge is 0.363 e. The lowest BCUT2D eigenvalue weighted by atomic mass is 10.1. The lowest BCUT2D eigenvalue weighted by molar-refractivity contribution is -0.141. The van der Waals surface area contributed by atoms with Crippen LogP contribution in [0.2, 0.25) is 0 Å². The Labute approximate surface area is 170 Å². The molecule has 4 rings (SSSR count). The molecule has 0 saturated carbocycles. The molecule has 9 heteroatoms. The summed E-state index contributed by atoms with van der Waals surface area (Å²) in [7, 11) is 0. The largest absolute Gasteiger partial charge is 0.433 e. The third-order valence-electron chi connectivity index (χ3n) is 4.47. The predicted molar refractivity (Wildman–Crippen MR) is 106 cm³/mol. The van der Waals surface area contributed by atoms with Crippen LogP contribution in [0, 0.1) is 0 Å². The maximum atomic E-state index is 13.4.